The molecule has 0 bridgehead atoms. The van der Waals surface area contributed by atoms with E-state index in [0.29, 0.717) is 0 Å². The van der Waals surface area contributed by atoms with Crippen molar-refractivity contribution < 1.29 is 0 Å². The second-order valence-electron chi connectivity index (χ2n) is 2.81. The van der Waals surface area contributed by atoms with Crippen molar-refractivity contribution in [2.75, 3.05) is 0 Å². The van der Waals surface area contributed by atoms with Gasteiger partial charge < -0.3 is 4.98 Å². The second-order valence-corrected chi connectivity index (χ2v) is 2.81. The molecule has 0 amide bonds. The van der Waals surface area contributed by atoms with Gasteiger partial charge in [0.2, 0.25) is 0 Å². The van der Waals surface area contributed by atoms with Crippen LogP contribution in [-0.4, -0.2) is 14.6 Å². The molecular formula is C8H9N3O. The number of nitrogens with one attached hydrogen (secondary N) is 1. The van der Waals surface area contributed by atoms with Gasteiger partial charge in [-0.1, -0.05) is 0 Å². The molecule has 0 aliphatic carbocycles. The van der Waals surface area contributed by atoms with E-state index in [9.17, 15) is 4.79 Å². The summed E-state index contributed by atoms with van der Waals surface area (Å²) in [5.41, 5.74) is 2.65. The zero-order valence-electron chi connectivity index (χ0n) is 6.96. The maximum atomic E-state index is 10.9. The van der Waals surface area contributed by atoms with Crippen LogP contribution in [0.15, 0.2) is 17.1 Å². The van der Waals surface area contributed by atoms with Gasteiger partial charge in [-0.25, -0.2) is 4.52 Å². The number of aryl methyl sites for hydroxylation is 2. The van der Waals surface area contributed by atoms with Gasteiger partial charge in [-0.3, -0.25) is 4.79 Å². The highest BCUT2D eigenvalue weighted by Crippen LogP contribution is 2.08. The van der Waals surface area contributed by atoms with Crippen LogP contribution in [0.2, 0.25) is 0 Å². The minimum atomic E-state index is -0.0921. The number of fused-ring (bicyclic) bond motifs is 1. The Kier molecular flexibility index (Phi) is 1.30. The van der Waals surface area contributed by atoms with E-state index in [1.165, 1.54) is 6.07 Å². The van der Waals surface area contributed by atoms with Crippen LogP contribution < -0.4 is 5.56 Å². The van der Waals surface area contributed by atoms with Crippen molar-refractivity contribution >= 4 is 5.65 Å². The molecule has 0 saturated carbocycles. The van der Waals surface area contributed by atoms with E-state index in [2.05, 4.69) is 10.1 Å². The van der Waals surface area contributed by atoms with Gasteiger partial charge in [0.05, 0.1) is 5.69 Å². The summed E-state index contributed by atoms with van der Waals surface area (Å²) in [6, 6.07) is 1.46. The highest BCUT2D eigenvalue weighted by molar-refractivity contribution is 5.47. The first-order chi connectivity index (χ1) is 5.68. The number of rotatable bonds is 0. The van der Waals surface area contributed by atoms with Crippen LogP contribution in [0.4, 0.5) is 0 Å². The maximum absolute atomic E-state index is 10.9. The molecule has 4 nitrogen and oxygen atoms in total. The lowest BCUT2D eigenvalue weighted by Crippen LogP contribution is -2.05. The van der Waals surface area contributed by atoms with Crippen molar-refractivity contribution in [3.63, 3.8) is 0 Å². The third kappa shape index (κ3) is 0.845. The number of aromatic amines is 1. The molecule has 4 heteroatoms. The molecule has 1 N–H and O–H groups in total. The van der Waals surface area contributed by atoms with Gasteiger partial charge in [0, 0.05) is 17.8 Å². The molecule has 62 valence electrons. The van der Waals surface area contributed by atoms with Crippen molar-refractivity contribution in [1.82, 2.24) is 14.6 Å². The summed E-state index contributed by atoms with van der Waals surface area (Å²) in [4.78, 5) is 13.7. The number of hydrogen-bond acceptors (Lipinski definition) is 2. The van der Waals surface area contributed by atoms with Crippen LogP contribution in [0.3, 0.4) is 0 Å². The van der Waals surface area contributed by atoms with Crippen LogP contribution >= 0.6 is 0 Å². The summed E-state index contributed by atoms with van der Waals surface area (Å²) in [6.45, 7) is 3.86. The summed E-state index contributed by atoms with van der Waals surface area (Å²) in [5.74, 6) is 0. The van der Waals surface area contributed by atoms with Crippen molar-refractivity contribution in [3.8, 4) is 0 Å². The van der Waals surface area contributed by atoms with Gasteiger partial charge in [-0.15, -0.1) is 0 Å². The molecule has 0 saturated heterocycles. The molecule has 0 aromatic carbocycles. The van der Waals surface area contributed by atoms with E-state index in [4.69, 9.17) is 0 Å². The molecule has 0 radical (unpaired) electrons. The van der Waals surface area contributed by atoms with Crippen LogP contribution in [-0.2, 0) is 0 Å². The molecule has 2 rings (SSSR count). The number of hydrogen-bond donors (Lipinski definition) is 1. The fourth-order valence-electron chi connectivity index (χ4n) is 1.19. The zero-order valence-corrected chi connectivity index (χ0v) is 6.96. The number of aromatic nitrogens is 3. The first-order valence-electron chi connectivity index (χ1n) is 3.73. The highest BCUT2D eigenvalue weighted by atomic mass is 16.1. The standard InChI is InChI=1S/C8H9N3O/c1-5-6(2)10-11-4-3-7(12)9-8(5)11/h3-4H,1-2H3,(H,9,12). The molecule has 0 spiro atoms. The van der Waals surface area contributed by atoms with E-state index in [1.54, 1.807) is 10.7 Å². The van der Waals surface area contributed by atoms with Crippen molar-refractivity contribution in [2.24, 2.45) is 0 Å². The van der Waals surface area contributed by atoms with E-state index in [0.717, 1.165) is 16.9 Å². The number of nitrogens with zero attached hydrogens (tertiary/aromatic N) is 2. The van der Waals surface area contributed by atoms with Crippen LogP contribution in [0.5, 0.6) is 0 Å². The topological polar surface area (TPSA) is 50.2 Å². The average molecular weight is 163 g/mol. The molecule has 0 unspecified atom stereocenters. The fourth-order valence-corrected chi connectivity index (χ4v) is 1.19. The van der Waals surface area contributed by atoms with Crippen LogP contribution in [0.25, 0.3) is 5.65 Å². The van der Waals surface area contributed by atoms with Crippen LogP contribution in [0, 0.1) is 13.8 Å². The Morgan fingerprint density at radius 3 is 3.00 bits per heavy atom. The Labute approximate surface area is 68.8 Å². The van der Waals surface area contributed by atoms with E-state index in [1.807, 2.05) is 13.8 Å². The predicted molar refractivity (Wildman–Crippen MR) is 45.3 cm³/mol. The van der Waals surface area contributed by atoms with Gasteiger partial charge >= 0.3 is 0 Å². The smallest absolute Gasteiger partial charge is 0.251 e. The summed E-state index contributed by atoms with van der Waals surface area (Å²) >= 11 is 0. The largest absolute Gasteiger partial charge is 0.307 e. The van der Waals surface area contributed by atoms with Crippen molar-refractivity contribution in [2.45, 2.75) is 13.8 Å². The Morgan fingerprint density at radius 2 is 2.25 bits per heavy atom. The van der Waals surface area contributed by atoms with E-state index >= 15 is 0 Å². The average Bonchev–Trinajstić information content (AvgIpc) is 2.31. The number of H-pyrrole nitrogens is 1. The first kappa shape index (κ1) is 7.09. The van der Waals surface area contributed by atoms with Gasteiger partial charge in [-0.2, -0.15) is 5.10 Å². The minimum absolute atomic E-state index is 0.0921. The summed E-state index contributed by atoms with van der Waals surface area (Å²) in [5, 5.41) is 4.20. The van der Waals surface area contributed by atoms with Crippen molar-refractivity contribution in [3.05, 3.63) is 33.9 Å². The van der Waals surface area contributed by atoms with Gasteiger partial charge in [0.25, 0.3) is 5.56 Å². The zero-order chi connectivity index (χ0) is 8.72. The summed E-state index contributed by atoms with van der Waals surface area (Å²) < 4.78 is 1.67. The predicted octanol–water partition coefficient (Wildman–Crippen LogP) is 0.639. The molecule has 12 heavy (non-hydrogen) atoms. The Balaban J connectivity index is 2.98. The Hall–Kier alpha value is -1.58. The highest BCUT2D eigenvalue weighted by Gasteiger charge is 2.03. The summed E-state index contributed by atoms with van der Waals surface area (Å²) in [6.07, 6.45) is 1.66. The molecule has 0 aliphatic heterocycles. The van der Waals surface area contributed by atoms with Crippen molar-refractivity contribution in [1.29, 1.82) is 0 Å². The van der Waals surface area contributed by atoms with Gasteiger partial charge in [0.1, 0.15) is 5.65 Å². The lowest BCUT2D eigenvalue weighted by atomic mass is 10.3. The molecule has 2 heterocycles. The molecule has 0 atom stereocenters. The molecule has 0 fully saturated rings. The Bertz CT molecular complexity index is 480. The fraction of sp³-hybridized carbons (Fsp3) is 0.250. The molecule has 2 aromatic rings. The minimum Gasteiger partial charge on any atom is -0.307 e. The van der Waals surface area contributed by atoms with E-state index < -0.39 is 0 Å². The first-order valence-corrected chi connectivity index (χ1v) is 3.73. The SMILES string of the molecule is Cc1nn2ccc(=O)[nH]c2c1C. The normalized spacial score (nSPS) is 10.8. The molecule has 0 aliphatic rings. The second kappa shape index (κ2) is 2.20. The van der Waals surface area contributed by atoms with Crippen LogP contribution in [0.1, 0.15) is 11.3 Å². The lowest BCUT2D eigenvalue weighted by molar-refractivity contribution is 0.910. The Morgan fingerprint density at radius 1 is 1.50 bits per heavy atom. The lowest BCUT2D eigenvalue weighted by Gasteiger charge is -1.90. The van der Waals surface area contributed by atoms with Gasteiger partial charge in [0.15, 0.2) is 0 Å². The third-order valence-electron chi connectivity index (χ3n) is 1.99. The third-order valence-corrected chi connectivity index (χ3v) is 1.99. The molecular weight excluding hydrogens is 154 g/mol. The van der Waals surface area contributed by atoms with Gasteiger partial charge in [-0.05, 0) is 13.8 Å². The quantitative estimate of drug-likeness (QED) is 0.619. The summed E-state index contributed by atoms with van der Waals surface area (Å²) in [7, 11) is 0. The molecule has 2 aromatic heterocycles. The maximum Gasteiger partial charge on any atom is 0.251 e. The van der Waals surface area contributed by atoms with E-state index in [-0.39, 0.29) is 5.56 Å². The monoisotopic (exact) mass is 163 g/mol.